The van der Waals surface area contributed by atoms with Crippen molar-refractivity contribution in [2.24, 2.45) is 0 Å². The van der Waals surface area contributed by atoms with Crippen LogP contribution in [0.2, 0.25) is 0 Å². The van der Waals surface area contributed by atoms with Gasteiger partial charge in [0.2, 0.25) is 0 Å². The fraction of sp³-hybridized carbons (Fsp3) is 0.312. The lowest BCUT2D eigenvalue weighted by atomic mass is 10.2. The smallest absolute Gasteiger partial charge is 0.507 e. The van der Waals surface area contributed by atoms with Crippen LogP contribution in [0.15, 0.2) is 36.1 Å². The van der Waals surface area contributed by atoms with Gasteiger partial charge in [-0.1, -0.05) is 12.1 Å². The van der Waals surface area contributed by atoms with E-state index in [0.717, 1.165) is 34.5 Å². The van der Waals surface area contributed by atoms with E-state index >= 15 is 0 Å². The van der Waals surface area contributed by atoms with Crippen molar-refractivity contribution in [2.45, 2.75) is 6.42 Å². The van der Waals surface area contributed by atoms with Gasteiger partial charge in [0.15, 0.2) is 0 Å². The van der Waals surface area contributed by atoms with Crippen LogP contribution in [0.5, 0.6) is 5.75 Å². The van der Waals surface area contributed by atoms with Gasteiger partial charge in [-0.25, -0.2) is 14.2 Å². The number of aromatic carboxylic acids is 1. The molecule has 0 unspecified atom stereocenters. The number of phenols is 1. The summed E-state index contributed by atoms with van der Waals surface area (Å²) in [7, 11) is 0.633. The van der Waals surface area contributed by atoms with Crippen molar-refractivity contribution in [3.05, 3.63) is 41.7 Å². The predicted octanol–water partition coefficient (Wildman–Crippen LogP) is 2.11. The monoisotopic (exact) mass is 420 g/mol. The first-order valence-electron chi connectivity index (χ1n) is 7.40. The van der Waals surface area contributed by atoms with E-state index in [9.17, 15) is 18.9 Å². The molecule has 0 aliphatic heterocycles. The van der Waals surface area contributed by atoms with Crippen molar-refractivity contribution < 1.29 is 52.2 Å². The minimum atomic E-state index is -3.85. The second-order valence-electron chi connectivity index (χ2n) is 4.61. The third kappa shape index (κ3) is 9.17. The van der Waals surface area contributed by atoms with E-state index in [1.165, 1.54) is 12.1 Å². The van der Waals surface area contributed by atoms with Gasteiger partial charge in [-0.05, 0) is 12.1 Å². The number of para-hydroxylation sites is 1. The molecule has 1 aromatic carbocycles. The molecule has 0 atom stereocenters. The van der Waals surface area contributed by atoms with Crippen molar-refractivity contribution in [3.8, 4) is 5.75 Å². The average molecular weight is 420 g/mol. The Balaban J connectivity index is 0.000000609. The molecule has 0 spiro atoms. The summed E-state index contributed by atoms with van der Waals surface area (Å²) in [6, 6.07) is 5.81. The number of carbonyl (C=O) groups is 3. The fourth-order valence-electron chi connectivity index (χ4n) is 1.46. The molecule has 0 bridgehead atoms. The average Bonchev–Trinajstić information content (AvgIpc) is 2.68. The number of carbonyl (C=O) groups excluding carboxylic acids is 2. The normalized spacial score (nSPS) is 10.9. The Labute approximate surface area is 161 Å². The maximum atomic E-state index is 11.7. The van der Waals surface area contributed by atoms with Crippen LogP contribution in [0.1, 0.15) is 16.8 Å². The minimum Gasteiger partial charge on any atom is -0.507 e. The Morgan fingerprint density at radius 3 is 2.00 bits per heavy atom. The molecule has 12 heteroatoms. The number of hydrogen-bond donors (Lipinski definition) is 2. The molecule has 28 heavy (non-hydrogen) atoms. The van der Waals surface area contributed by atoms with E-state index in [1.807, 2.05) is 0 Å². The largest absolute Gasteiger partial charge is 0.529 e. The number of methoxy groups -OCH3 is 2. The van der Waals surface area contributed by atoms with Crippen LogP contribution in [0, 0.1) is 0 Å². The number of aromatic hydroxyl groups is 1. The molecule has 0 fully saturated rings. The molecule has 0 heterocycles. The first-order valence-corrected chi connectivity index (χ1v) is 8.86. The second kappa shape index (κ2) is 12.5. The quantitative estimate of drug-likeness (QED) is 0.275. The van der Waals surface area contributed by atoms with Crippen molar-refractivity contribution in [2.75, 3.05) is 28.4 Å². The van der Waals surface area contributed by atoms with Crippen LogP contribution < -0.4 is 0 Å². The molecule has 1 aromatic rings. The lowest BCUT2D eigenvalue weighted by Crippen LogP contribution is -2.07. The zero-order chi connectivity index (χ0) is 21.7. The number of phosphoric acid groups is 1. The van der Waals surface area contributed by atoms with Gasteiger partial charge in [-0.2, -0.15) is 0 Å². The Morgan fingerprint density at radius 2 is 1.61 bits per heavy atom. The van der Waals surface area contributed by atoms with E-state index in [4.69, 9.17) is 14.7 Å². The Bertz CT molecular complexity index is 749. The fourth-order valence-corrected chi connectivity index (χ4v) is 2.16. The third-order valence-electron chi connectivity index (χ3n) is 2.84. The molecule has 0 amide bonds. The third-order valence-corrected chi connectivity index (χ3v) is 4.19. The van der Waals surface area contributed by atoms with E-state index in [1.54, 1.807) is 12.1 Å². The van der Waals surface area contributed by atoms with Gasteiger partial charge in [0.05, 0.1) is 20.3 Å². The highest BCUT2D eigenvalue weighted by atomic mass is 31.2. The summed E-state index contributed by atoms with van der Waals surface area (Å²) < 4.78 is 34.3. The van der Waals surface area contributed by atoms with Crippen LogP contribution in [0.3, 0.4) is 0 Å². The first kappa shape index (κ1) is 25.1. The van der Waals surface area contributed by atoms with Gasteiger partial charge < -0.3 is 24.2 Å². The van der Waals surface area contributed by atoms with Crippen molar-refractivity contribution in [1.82, 2.24) is 0 Å². The van der Waals surface area contributed by atoms with E-state index in [0.29, 0.717) is 0 Å². The van der Waals surface area contributed by atoms with E-state index < -0.39 is 32.2 Å². The Kier molecular flexibility index (Phi) is 11.2. The lowest BCUT2D eigenvalue weighted by molar-refractivity contribution is -0.140. The standard InChI is InChI=1S/C9H15O8P.C7H6O3/c1-13-8(10)5-7(6-9(11)14-2)17-18(12,15-3)16-4;8-6-4-2-1-3-5(6)7(9)10/h5H,6H2,1-4H3;1-4,8H,(H,9,10)/b7-5-;. The minimum absolute atomic E-state index is 0.0671. The van der Waals surface area contributed by atoms with Gasteiger partial charge in [0.25, 0.3) is 0 Å². The predicted molar refractivity (Wildman–Crippen MR) is 94.5 cm³/mol. The summed E-state index contributed by atoms with van der Waals surface area (Å²) in [6.07, 6.45) is 0.434. The van der Waals surface area contributed by atoms with E-state index in [-0.39, 0.29) is 17.1 Å². The first-order chi connectivity index (χ1) is 13.1. The van der Waals surface area contributed by atoms with Crippen molar-refractivity contribution in [1.29, 1.82) is 0 Å². The number of carboxylic acid groups (broad SMARTS) is 1. The van der Waals surface area contributed by atoms with Gasteiger partial charge >= 0.3 is 25.7 Å². The molecule has 0 aromatic heterocycles. The summed E-state index contributed by atoms with van der Waals surface area (Å²) in [5.41, 5.74) is -0.0671. The summed E-state index contributed by atoms with van der Waals surface area (Å²) in [5.74, 6) is -3.04. The van der Waals surface area contributed by atoms with Crippen molar-refractivity contribution >= 4 is 25.7 Å². The molecule has 0 saturated heterocycles. The molecule has 2 N–H and O–H groups in total. The summed E-state index contributed by atoms with van der Waals surface area (Å²) in [5, 5.41) is 17.3. The number of hydrogen-bond acceptors (Lipinski definition) is 10. The lowest BCUT2D eigenvalue weighted by Gasteiger charge is -2.15. The number of esters is 2. The second-order valence-corrected chi connectivity index (χ2v) is 6.42. The highest BCUT2D eigenvalue weighted by Gasteiger charge is 2.27. The number of benzene rings is 1. The summed E-state index contributed by atoms with van der Waals surface area (Å²) in [6.45, 7) is 0. The number of carboxylic acids is 1. The highest BCUT2D eigenvalue weighted by molar-refractivity contribution is 7.48. The van der Waals surface area contributed by atoms with E-state index in [2.05, 4.69) is 18.5 Å². The van der Waals surface area contributed by atoms with Gasteiger partial charge in [-0.15, -0.1) is 0 Å². The summed E-state index contributed by atoms with van der Waals surface area (Å²) in [4.78, 5) is 32.4. The van der Waals surface area contributed by atoms with Crippen LogP contribution in [0.4, 0.5) is 0 Å². The maximum absolute atomic E-state index is 11.7. The molecular weight excluding hydrogens is 399 g/mol. The SMILES string of the molecule is COC(=O)/C=C(/CC(=O)OC)OP(=O)(OC)OC.O=C(O)c1ccccc1O. The van der Waals surface area contributed by atoms with Crippen molar-refractivity contribution in [3.63, 3.8) is 0 Å². The summed E-state index contributed by atoms with van der Waals surface area (Å²) >= 11 is 0. The molecular formula is C16H21O11P. The number of ether oxygens (including phenoxy) is 2. The number of phosphoric ester groups is 1. The van der Waals surface area contributed by atoms with Crippen LogP contribution in [-0.4, -0.2) is 56.6 Å². The van der Waals surface area contributed by atoms with Crippen LogP contribution in [-0.2, 0) is 37.2 Å². The molecule has 156 valence electrons. The molecule has 1 rings (SSSR count). The maximum Gasteiger partial charge on any atom is 0.529 e. The number of rotatable bonds is 8. The molecule has 0 aliphatic carbocycles. The molecule has 11 nitrogen and oxygen atoms in total. The van der Waals surface area contributed by atoms with Gasteiger partial charge in [0.1, 0.15) is 23.5 Å². The Hall–Kier alpha value is -2.88. The van der Waals surface area contributed by atoms with Gasteiger partial charge in [-0.3, -0.25) is 13.8 Å². The topological polar surface area (TPSA) is 155 Å². The molecule has 0 aliphatic rings. The van der Waals surface area contributed by atoms with Crippen LogP contribution >= 0.6 is 7.82 Å². The Morgan fingerprint density at radius 1 is 1.04 bits per heavy atom. The molecule has 0 saturated carbocycles. The zero-order valence-electron chi connectivity index (χ0n) is 15.6. The van der Waals surface area contributed by atoms with Gasteiger partial charge in [0, 0.05) is 14.2 Å². The zero-order valence-corrected chi connectivity index (χ0v) is 16.5. The highest BCUT2D eigenvalue weighted by Crippen LogP contribution is 2.50. The van der Waals surface area contributed by atoms with Crippen LogP contribution in [0.25, 0.3) is 0 Å². The molecule has 0 radical (unpaired) electrons.